The fourth-order valence-corrected chi connectivity index (χ4v) is 2.30. The Morgan fingerprint density at radius 3 is 3.00 bits per heavy atom. The summed E-state index contributed by atoms with van der Waals surface area (Å²) in [6, 6.07) is 4.74. The third-order valence-corrected chi connectivity index (χ3v) is 3.53. The van der Waals surface area contributed by atoms with Crippen LogP contribution in [0.4, 0.5) is 4.39 Å². The molecular formula is C14H17BrFN3. The van der Waals surface area contributed by atoms with Gasteiger partial charge in [0, 0.05) is 23.8 Å². The lowest BCUT2D eigenvalue weighted by Crippen LogP contribution is -2.13. The first-order chi connectivity index (χ1) is 9.19. The minimum Gasteiger partial charge on any atom is -0.333 e. The summed E-state index contributed by atoms with van der Waals surface area (Å²) in [5.74, 6) is -0.231. The molecule has 0 aliphatic rings. The third-order valence-electron chi connectivity index (χ3n) is 2.79. The maximum Gasteiger partial charge on any atom is 0.124 e. The van der Waals surface area contributed by atoms with Crippen molar-refractivity contribution >= 4 is 15.9 Å². The van der Waals surface area contributed by atoms with Gasteiger partial charge in [0.1, 0.15) is 5.82 Å². The van der Waals surface area contributed by atoms with Gasteiger partial charge in [0.25, 0.3) is 0 Å². The molecule has 1 N–H and O–H groups in total. The van der Waals surface area contributed by atoms with E-state index in [9.17, 15) is 4.39 Å². The highest BCUT2D eigenvalue weighted by Gasteiger charge is 2.04. The quantitative estimate of drug-likeness (QED) is 0.825. The molecule has 0 saturated heterocycles. The van der Waals surface area contributed by atoms with E-state index in [-0.39, 0.29) is 5.82 Å². The highest BCUT2D eigenvalue weighted by molar-refractivity contribution is 9.10. The summed E-state index contributed by atoms with van der Waals surface area (Å²) in [6.45, 7) is 4.60. The fraction of sp³-hybridized carbons (Fsp3) is 0.357. The zero-order valence-electron chi connectivity index (χ0n) is 10.9. The molecule has 1 aromatic carbocycles. The van der Waals surface area contributed by atoms with E-state index in [1.54, 1.807) is 12.4 Å². The number of hydrogen-bond acceptors (Lipinski definition) is 2. The molecule has 102 valence electrons. The first kappa shape index (κ1) is 14.2. The molecule has 19 heavy (non-hydrogen) atoms. The van der Waals surface area contributed by atoms with Gasteiger partial charge in [-0.2, -0.15) is 0 Å². The van der Waals surface area contributed by atoms with E-state index in [1.807, 2.05) is 10.8 Å². The number of rotatable bonds is 6. The molecule has 2 aromatic rings. The lowest BCUT2D eigenvalue weighted by atomic mass is 10.2. The van der Waals surface area contributed by atoms with Crippen LogP contribution in [-0.4, -0.2) is 16.1 Å². The summed E-state index contributed by atoms with van der Waals surface area (Å²) in [7, 11) is 0. The van der Waals surface area contributed by atoms with Crippen LogP contribution in [0.1, 0.15) is 24.6 Å². The van der Waals surface area contributed by atoms with E-state index in [1.165, 1.54) is 12.1 Å². The first-order valence-electron chi connectivity index (χ1n) is 6.34. The minimum absolute atomic E-state index is 0.231. The van der Waals surface area contributed by atoms with Crippen LogP contribution < -0.4 is 5.32 Å². The van der Waals surface area contributed by atoms with Crippen molar-refractivity contribution in [1.29, 1.82) is 0 Å². The van der Waals surface area contributed by atoms with Crippen molar-refractivity contribution in [3.63, 3.8) is 0 Å². The number of benzene rings is 1. The number of aromatic nitrogens is 2. The molecule has 3 nitrogen and oxygen atoms in total. The van der Waals surface area contributed by atoms with E-state index in [4.69, 9.17) is 0 Å². The highest BCUT2D eigenvalue weighted by atomic mass is 79.9. The molecule has 0 spiro atoms. The summed E-state index contributed by atoms with van der Waals surface area (Å²) in [5, 5.41) is 3.31. The number of halogens is 2. The minimum atomic E-state index is -0.231. The van der Waals surface area contributed by atoms with Crippen molar-refractivity contribution in [2.45, 2.75) is 26.4 Å². The Morgan fingerprint density at radius 2 is 2.26 bits per heavy atom. The van der Waals surface area contributed by atoms with E-state index in [2.05, 4.69) is 33.2 Å². The molecule has 0 atom stereocenters. The van der Waals surface area contributed by atoms with Gasteiger partial charge in [-0.05, 0) is 30.7 Å². The molecule has 0 fully saturated rings. The Balaban J connectivity index is 1.99. The molecule has 0 bridgehead atoms. The summed E-state index contributed by atoms with van der Waals surface area (Å²) in [6.07, 6.45) is 4.93. The number of nitrogens with one attached hydrogen (secondary N) is 1. The van der Waals surface area contributed by atoms with Gasteiger partial charge in [-0.3, -0.25) is 0 Å². The van der Waals surface area contributed by atoms with Crippen molar-refractivity contribution in [2.24, 2.45) is 0 Å². The number of hydrogen-bond donors (Lipinski definition) is 1. The largest absolute Gasteiger partial charge is 0.333 e. The van der Waals surface area contributed by atoms with Crippen LogP contribution in [0.2, 0.25) is 0 Å². The van der Waals surface area contributed by atoms with E-state index < -0.39 is 0 Å². The highest BCUT2D eigenvalue weighted by Crippen LogP contribution is 2.19. The summed E-state index contributed by atoms with van der Waals surface area (Å²) < 4.78 is 15.8. The average Bonchev–Trinajstić information content (AvgIpc) is 2.81. The van der Waals surface area contributed by atoms with Gasteiger partial charge in [-0.25, -0.2) is 9.37 Å². The van der Waals surface area contributed by atoms with Crippen molar-refractivity contribution in [3.8, 4) is 0 Å². The molecule has 0 amide bonds. The average molecular weight is 326 g/mol. The summed E-state index contributed by atoms with van der Waals surface area (Å²) in [4.78, 5) is 4.34. The second kappa shape index (κ2) is 6.82. The summed E-state index contributed by atoms with van der Waals surface area (Å²) >= 11 is 3.38. The van der Waals surface area contributed by atoms with Gasteiger partial charge in [0.05, 0.1) is 12.0 Å². The Labute approximate surface area is 121 Å². The first-order valence-corrected chi connectivity index (χ1v) is 7.13. The molecule has 0 aliphatic carbocycles. The second-order valence-corrected chi connectivity index (χ2v) is 5.30. The second-order valence-electron chi connectivity index (χ2n) is 4.45. The van der Waals surface area contributed by atoms with E-state index >= 15 is 0 Å². The zero-order chi connectivity index (χ0) is 13.7. The van der Waals surface area contributed by atoms with Gasteiger partial charge < -0.3 is 9.88 Å². The van der Waals surface area contributed by atoms with Gasteiger partial charge in [0.2, 0.25) is 0 Å². The van der Waals surface area contributed by atoms with Crippen LogP contribution in [-0.2, 0) is 13.1 Å². The van der Waals surface area contributed by atoms with Gasteiger partial charge in [0.15, 0.2) is 0 Å². The molecule has 0 saturated carbocycles. The zero-order valence-corrected chi connectivity index (χ0v) is 12.5. The van der Waals surface area contributed by atoms with E-state index in [0.717, 1.165) is 35.2 Å². The SMILES string of the molecule is CCCNCc1cn(Cc2ccc(F)cc2Br)cn1. The van der Waals surface area contributed by atoms with Gasteiger partial charge in [-0.1, -0.05) is 28.9 Å². The van der Waals surface area contributed by atoms with Crippen molar-refractivity contribution in [2.75, 3.05) is 6.54 Å². The molecular weight excluding hydrogens is 309 g/mol. The molecule has 0 aliphatic heterocycles. The Kier molecular flexibility index (Phi) is 5.10. The Hall–Kier alpha value is -1.20. The molecule has 1 heterocycles. The van der Waals surface area contributed by atoms with Crippen LogP contribution >= 0.6 is 15.9 Å². The smallest absolute Gasteiger partial charge is 0.124 e. The van der Waals surface area contributed by atoms with Crippen LogP contribution in [0.3, 0.4) is 0 Å². The monoisotopic (exact) mass is 325 g/mol. The third kappa shape index (κ3) is 4.14. The molecule has 5 heteroatoms. The summed E-state index contributed by atoms with van der Waals surface area (Å²) in [5.41, 5.74) is 2.05. The lowest BCUT2D eigenvalue weighted by molar-refractivity contribution is 0.625. The van der Waals surface area contributed by atoms with Crippen molar-refractivity contribution in [3.05, 3.63) is 52.3 Å². The van der Waals surface area contributed by atoms with Gasteiger partial charge in [-0.15, -0.1) is 0 Å². The predicted molar refractivity (Wildman–Crippen MR) is 77.4 cm³/mol. The predicted octanol–water partition coefficient (Wildman–Crippen LogP) is 3.33. The van der Waals surface area contributed by atoms with Gasteiger partial charge >= 0.3 is 0 Å². The maximum absolute atomic E-state index is 13.0. The molecule has 0 unspecified atom stereocenters. The Morgan fingerprint density at radius 1 is 1.42 bits per heavy atom. The number of imidazole rings is 1. The van der Waals surface area contributed by atoms with Crippen molar-refractivity contribution in [1.82, 2.24) is 14.9 Å². The standard InChI is InChI=1S/C14H17BrFN3/c1-2-5-17-7-13-9-19(10-18-13)8-11-3-4-12(16)6-14(11)15/h3-4,6,9-10,17H,2,5,7-8H2,1H3. The fourth-order valence-electron chi connectivity index (χ4n) is 1.82. The van der Waals surface area contributed by atoms with Crippen LogP contribution in [0.5, 0.6) is 0 Å². The van der Waals surface area contributed by atoms with Crippen LogP contribution in [0.25, 0.3) is 0 Å². The van der Waals surface area contributed by atoms with Crippen molar-refractivity contribution < 1.29 is 4.39 Å². The van der Waals surface area contributed by atoms with Crippen LogP contribution in [0.15, 0.2) is 35.2 Å². The molecule has 1 aromatic heterocycles. The topological polar surface area (TPSA) is 29.9 Å². The Bertz CT molecular complexity index is 539. The molecule has 0 radical (unpaired) electrons. The number of nitrogens with zero attached hydrogens (tertiary/aromatic N) is 2. The normalized spacial score (nSPS) is 10.9. The molecule has 2 rings (SSSR count). The lowest BCUT2D eigenvalue weighted by Gasteiger charge is -2.05. The maximum atomic E-state index is 13.0. The van der Waals surface area contributed by atoms with E-state index in [0.29, 0.717) is 6.54 Å². The van der Waals surface area contributed by atoms with Crippen LogP contribution in [0, 0.1) is 5.82 Å².